The van der Waals surface area contributed by atoms with Gasteiger partial charge < -0.3 is 29.7 Å². The molecule has 2 aliphatic heterocycles. The predicted molar refractivity (Wildman–Crippen MR) is 177 cm³/mol. The lowest BCUT2D eigenvalue weighted by Gasteiger charge is -2.41. The zero-order chi connectivity index (χ0) is 32.2. The SMILES string of the molecule is CCOc1c(OC)cc(C(=O)N2CCC(CCN3CCC(C(N)=O)(c4ccccc4)CC3)(c3ccc(Cl)c(Cl)c3)C2)cc1OC. The largest absolute Gasteiger partial charge is 0.493 e. The first-order valence-electron chi connectivity index (χ1n) is 15.4. The third-order valence-electron chi connectivity index (χ3n) is 9.58. The quantitative estimate of drug-likeness (QED) is 0.269. The van der Waals surface area contributed by atoms with Gasteiger partial charge in [0, 0.05) is 24.1 Å². The number of carbonyl (C=O) groups is 2. The summed E-state index contributed by atoms with van der Waals surface area (Å²) in [6.45, 7) is 5.72. The van der Waals surface area contributed by atoms with Crippen LogP contribution in [0.5, 0.6) is 17.2 Å². The van der Waals surface area contributed by atoms with E-state index in [0.717, 1.165) is 43.6 Å². The summed E-state index contributed by atoms with van der Waals surface area (Å²) in [5.74, 6) is 0.987. The molecule has 2 N–H and O–H groups in total. The molecule has 0 bridgehead atoms. The van der Waals surface area contributed by atoms with Crippen molar-refractivity contribution in [3.63, 3.8) is 0 Å². The molecule has 2 aliphatic rings. The van der Waals surface area contributed by atoms with Crippen molar-refractivity contribution in [2.45, 2.75) is 43.4 Å². The van der Waals surface area contributed by atoms with Gasteiger partial charge in [-0.1, -0.05) is 59.6 Å². The lowest BCUT2D eigenvalue weighted by Crippen LogP contribution is -2.50. The molecular formula is C35H41Cl2N3O5. The average molecular weight is 655 g/mol. The standard InChI is InChI=1S/C35H41Cl2N3O5/c1-4-45-31-29(43-2)20-24(21-30(31)44-3)32(41)40-19-13-34(23-40,26-10-11-27(36)28(37)22-26)12-16-39-17-14-35(15-18-39,33(38)42)25-8-6-5-7-9-25/h5-11,20-22H,4,12-19,23H2,1-3H3,(H2,38,42). The highest BCUT2D eigenvalue weighted by Crippen LogP contribution is 2.43. The number of nitrogens with two attached hydrogens (primary N) is 1. The van der Waals surface area contributed by atoms with Crippen LogP contribution in [-0.2, 0) is 15.6 Å². The topological polar surface area (TPSA) is 94.3 Å². The molecule has 3 aromatic rings. The molecule has 0 spiro atoms. The van der Waals surface area contributed by atoms with Crippen LogP contribution in [0.2, 0.25) is 10.0 Å². The maximum atomic E-state index is 13.9. The molecule has 2 amide bonds. The first-order valence-corrected chi connectivity index (χ1v) is 16.1. The van der Waals surface area contributed by atoms with E-state index in [0.29, 0.717) is 65.4 Å². The first kappa shape index (κ1) is 32.9. The van der Waals surface area contributed by atoms with Gasteiger partial charge in [-0.05, 0) is 87.6 Å². The minimum absolute atomic E-state index is 0.108. The van der Waals surface area contributed by atoms with Gasteiger partial charge in [0.2, 0.25) is 11.7 Å². The van der Waals surface area contributed by atoms with E-state index < -0.39 is 5.41 Å². The number of amides is 2. The lowest BCUT2D eigenvalue weighted by atomic mass is 9.71. The maximum Gasteiger partial charge on any atom is 0.254 e. The Balaban J connectivity index is 1.36. The van der Waals surface area contributed by atoms with Gasteiger partial charge in [0.05, 0.1) is 36.3 Å². The Morgan fingerprint density at radius 2 is 1.53 bits per heavy atom. The Labute approximate surface area is 275 Å². The van der Waals surface area contributed by atoms with Gasteiger partial charge >= 0.3 is 0 Å². The molecule has 2 saturated heterocycles. The van der Waals surface area contributed by atoms with Gasteiger partial charge in [-0.25, -0.2) is 0 Å². The van der Waals surface area contributed by atoms with Crippen LogP contribution in [0, 0.1) is 0 Å². The molecule has 0 radical (unpaired) electrons. The van der Waals surface area contributed by atoms with Crippen molar-refractivity contribution in [3.8, 4) is 17.2 Å². The van der Waals surface area contributed by atoms with Crippen molar-refractivity contribution in [2.24, 2.45) is 5.73 Å². The number of nitrogens with zero attached hydrogens (tertiary/aromatic N) is 2. The maximum absolute atomic E-state index is 13.9. The predicted octanol–water partition coefficient (Wildman–Crippen LogP) is 6.10. The van der Waals surface area contributed by atoms with E-state index in [2.05, 4.69) is 4.90 Å². The normalized spacial score (nSPS) is 19.7. The molecule has 0 saturated carbocycles. The third kappa shape index (κ3) is 6.60. The number of primary amides is 1. The molecule has 5 rings (SSSR count). The fraction of sp³-hybridized carbons (Fsp3) is 0.429. The second-order valence-electron chi connectivity index (χ2n) is 11.9. The minimum atomic E-state index is -0.657. The van der Waals surface area contributed by atoms with Gasteiger partial charge in [0.25, 0.3) is 5.91 Å². The van der Waals surface area contributed by atoms with E-state index in [-0.39, 0.29) is 17.2 Å². The summed E-state index contributed by atoms with van der Waals surface area (Å²) in [5, 5.41) is 0.987. The lowest BCUT2D eigenvalue weighted by molar-refractivity contribution is -0.125. The Morgan fingerprint density at radius 1 is 0.867 bits per heavy atom. The van der Waals surface area contributed by atoms with Crippen molar-refractivity contribution in [1.82, 2.24) is 9.80 Å². The number of hydrogen-bond donors (Lipinski definition) is 1. The highest BCUT2D eigenvalue weighted by atomic mass is 35.5. The molecule has 3 aromatic carbocycles. The highest BCUT2D eigenvalue weighted by molar-refractivity contribution is 6.42. The number of benzene rings is 3. The summed E-state index contributed by atoms with van der Waals surface area (Å²) >= 11 is 12.8. The average Bonchev–Trinajstić information content (AvgIpc) is 3.51. The fourth-order valence-electron chi connectivity index (χ4n) is 6.89. The molecule has 2 heterocycles. The molecule has 45 heavy (non-hydrogen) atoms. The molecule has 0 aromatic heterocycles. The van der Waals surface area contributed by atoms with E-state index in [1.165, 1.54) is 0 Å². The minimum Gasteiger partial charge on any atom is -0.493 e. The smallest absolute Gasteiger partial charge is 0.254 e. The number of hydrogen-bond acceptors (Lipinski definition) is 6. The molecule has 8 nitrogen and oxygen atoms in total. The number of halogens is 2. The van der Waals surface area contributed by atoms with Crippen molar-refractivity contribution in [1.29, 1.82) is 0 Å². The third-order valence-corrected chi connectivity index (χ3v) is 10.3. The zero-order valence-electron chi connectivity index (χ0n) is 26.1. The van der Waals surface area contributed by atoms with E-state index in [1.54, 1.807) is 26.4 Å². The Hall–Kier alpha value is -3.46. The summed E-state index contributed by atoms with van der Waals surface area (Å²) in [4.78, 5) is 30.9. The van der Waals surface area contributed by atoms with E-state index in [4.69, 9.17) is 43.1 Å². The summed E-state index contributed by atoms with van der Waals surface area (Å²) in [7, 11) is 3.09. The molecular weight excluding hydrogens is 613 g/mol. The van der Waals surface area contributed by atoms with Crippen LogP contribution in [-0.4, -0.2) is 75.2 Å². The van der Waals surface area contributed by atoms with Crippen LogP contribution in [0.15, 0.2) is 60.7 Å². The van der Waals surface area contributed by atoms with Crippen LogP contribution in [0.25, 0.3) is 0 Å². The Kier molecular flexibility index (Phi) is 10.2. The van der Waals surface area contributed by atoms with Gasteiger partial charge in [0.15, 0.2) is 11.5 Å². The van der Waals surface area contributed by atoms with Gasteiger partial charge in [0.1, 0.15) is 0 Å². The molecule has 2 fully saturated rings. The summed E-state index contributed by atoms with van der Waals surface area (Å²) in [5.41, 5.74) is 7.51. The summed E-state index contributed by atoms with van der Waals surface area (Å²) in [6.07, 6.45) is 2.90. The van der Waals surface area contributed by atoms with Crippen LogP contribution >= 0.6 is 23.2 Å². The fourth-order valence-corrected chi connectivity index (χ4v) is 7.19. The van der Waals surface area contributed by atoms with Crippen molar-refractivity contribution >= 4 is 35.0 Å². The van der Waals surface area contributed by atoms with Crippen LogP contribution < -0.4 is 19.9 Å². The number of piperidine rings is 1. The van der Waals surface area contributed by atoms with Gasteiger partial charge in [-0.2, -0.15) is 0 Å². The molecule has 240 valence electrons. The second kappa shape index (κ2) is 13.9. The number of likely N-dealkylation sites (tertiary alicyclic amines) is 2. The number of ether oxygens (including phenoxy) is 3. The number of carbonyl (C=O) groups excluding carboxylic acids is 2. The molecule has 1 unspecified atom stereocenters. The Morgan fingerprint density at radius 3 is 2.11 bits per heavy atom. The zero-order valence-corrected chi connectivity index (χ0v) is 27.6. The van der Waals surface area contributed by atoms with E-state index in [9.17, 15) is 9.59 Å². The van der Waals surface area contributed by atoms with Gasteiger partial charge in [-0.15, -0.1) is 0 Å². The van der Waals surface area contributed by atoms with Crippen LogP contribution in [0.4, 0.5) is 0 Å². The van der Waals surface area contributed by atoms with Crippen LogP contribution in [0.1, 0.15) is 54.1 Å². The number of methoxy groups -OCH3 is 2. The number of rotatable bonds is 11. The van der Waals surface area contributed by atoms with Gasteiger partial charge in [-0.3, -0.25) is 9.59 Å². The second-order valence-corrected chi connectivity index (χ2v) is 12.7. The molecule has 1 atom stereocenters. The Bertz CT molecular complexity index is 1500. The van der Waals surface area contributed by atoms with Crippen molar-refractivity contribution in [2.75, 3.05) is 53.6 Å². The van der Waals surface area contributed by atoms with Crippen molar-refractivity contribution < 1.29 is 23.8 Å². The van der Waals surface area contributed by atoms with Crippen LogP contribution in [0.3, 0.4) is 0 Å². The summed E-state index contributed by atoms with van der Waals surface area (Å²) in [6, 6.07) is 19.1. The monoisotopic (exact) mass is 653 g/mol. The van der Waals surface area contributed by atoms with E-state index >= 15 is 0 Å². The summed E-state index contributed by atoms with van der Waals surface area (Å²) < 4.78 is 16.8. The molecule has 10 heteroatoms. The van der Waals surface area contributed by atoms with Crippen molar-refractivity contribution in [3.05, 3.63) is 87.4 Å². The van der Waals surface area contributed by atoms with E-state index in [1.807, 2.05) is 60.4 Å². The highest BCUT2D eigenvalue weighted by Gasteiger charge is 2.44. The molecule has 0 aliphatic carbocycles. The first-order chi connectivity index (χ1) is 21.7.